The van der Waals surface area contributed by atoms with Crippen molar-refractivity contribution < 1.29 is 10.0 Å². The predicted molar refractivity (Wildman–Crippen MR) is 78.1 cm³/mol. The van der Waals surface area contributed by atoms with Crippen LogP contribution in [0.2, 0.25) is 0 Å². The van der Waals surface area contributed by atoms with Gasteiger partial charge in [-0.2, -0.15) is 0 Å². The van der Waals surface area contributed by atoms with Crippen LogP contribution >= 0.6 is 11.3 Å². The zero-order chi connectivity index (χ0) is 14.5. The van der Waals surface area contributed by atoms with Crippen molar-refractivity contribution in [2.75, 3.05) is 0 Å². The van der Waals surface area contributed by atoms with Crippen LogP contribution in [0.4, 0.5) is 0 Å². The fourth-order valence-corrected chi connectivity index (χ4v) is 3.32. The van der Waals surface area contributed by atoms with Crippen molar-refractivity contribution in [2.45, 2.75) is 45.1 Å². The number of aryl methyl sites for hydroxylation is 1. The molecule has 0 spiro atoms. The monoisotopic (exact) mass is 296 g/mol. The first-order valence-electron chi connectivity index (χ1n) is 6.82. The number of amides is 1. The van der Waals surface area contributed by atoms with E-state index in [1.807, 2.05) is 6.92 Å². The molecule has 1 fully saturated rings. The molecule has 1 aromatic rings. The second kappa shape index (κ2) is 6.69. The number of nitrogens with one attached hydrogen (secondary N) is 1. The molecular formula is C13H20N4O2S. The highest BCUT2D eigenvalue weighted by atomic mass is 32.1. The Balaban J connectivity index is 2.09. The van der Waals surface area contributed by atoms with Crippen LogP contribution in [-0.2, 0) is 0 Å². The summed E-state index contributed by atoms with van der Waals surface area (Å²) in [4.78, 5) is 16.8. The molecule has 0 aliphatic heterocycles. The van der Waals surface area contributed by atoms with Crippen molar-refractivity contribution in [3.8, 4) is 0 Å². The molecule has 0 radical (unpaired) electrons. The van der Waals surface area contributed by atoms with Gasteiger partial charge < -0.3 is 16.3 Å². The summed E-state index contributed by atoms with van der Waals surface area (Å²) in [5, 5.41) is 15.7. The lowest BCUT2D eigenvalue weighted by molar-refractivity contribution is 0.0934. The van der Waals surface area contributed by atoms with E-state index in [-0.39, 0.29) is 17.7 Å². The number of rotatable bonds is 4. The highest BCUT2D eigenvalue weighted by molar-refractivity contribution is 7.13. The van der Waals surface area contributed by atoms with Gasteiger partial charge in [0, 0.05) is 0 Å². The summed E-state index contributed by atoms with van der Waals surface area (Å²) in [6.45, 7) is 1.85. The molecule has 2 rings (SSSR count). The van der Waals surface area contributed by atoms with Crippen molar-refractivity contribution in [3.05, 3.63) is 16.1 Å². The third-order valence-corrected chi connectivity index (χ3v) is 4.60. The Hall–Kier alpha value is -1.63. The topological polar surface area (TPSA) is 101 Å². The van der Waals surface area contributed by atoms with E-state index in [4.69, 9.17) is 10.9 Å². The number of nitrogens with two attached hydrogens (primary N) is 1. The van der Waals surface area contributed by atoms with Crippen LogP contribution in [0, 0.1) is 12.8 Å². The molecule has 1 unspecified atom stereocenters. The standard InChI is InChI=1S/C13H20N4O2S/c1-8-15-7-10(20-8)13(18)16-11(12(14)17-19)9-5-3-2-4-6-9/h7,9,11,19H,2-6H2,1H3,(H2,14,17)(H,16,18). The van der Waals surface area contributed by atoms with E-state index >= 15 is 0 Å². The highest BCUT2D eigenvalue weighted by Gasteiger charge is 2.29. The third-order valence-electron chi connectivity index (χ3n) is 3.69. The fourth-order valence-electron chi connectivity index (χ4n) is 2.64. The van der Waals surface area contributed by atoms with Gasteiger partial charge >= 0.3 is 0 Å². The lowest BCUT2D eigenvalue weighted by Crippen LogP contribution is -2.49. The zero-order valence-electron chi connectivity index (χ0n) is 11.5. The summed E-state index contributed by atoms with van der Waals surface area (Å²) in [6.07, 6.45) is 6.98. The van der Waals surface area contributed by atoms with Gasteiger partial charge in [-0.15, -0.1) is 11.3 Å². The van der Waals surface area contributed by atoms with Gasteiger partial charge in [-0.25, -0.2) is 4.98 Å². The van der Waals surface area contributed by atoms with E-state index in [0.29, 0.717) is 4.88 Å². The Bertz CT molecular complexity index is 494. The second-order valence-corrected chi connectivity index (χ2v) is 6.35. The summed E-state index contributed by atoms with van der Waals surface area (Å²) in [5.74, 6) is 0.0990. The van der Waals surface area contributed by atoms with Crippen molar-refractivity contribution in [1.29, 1.82) is 0 Å². The van der Waals surface area contributed by atoms with Crippen LogP contribution in [0.3, 0.4) is 0 Å². The molecule has 1 amide bonds. The van der Waals surface area contributed by atoms with Gasteiger partial charge in [0.1, 0.15) is 4.88 Å². The molecular weight excluding hydrogens is 276 g/mol. The van der Waals surface area contributed by atoms with Crippen LogP contribution in [0.5, 0.6) is 0 Å². The first kappa shape index (κ1) is 14.8. The second-order valence-electron chi connectivity index (χ2n) is 5.12. The lowest BCUT2D eigenvalue weighted by Gasteiger charge is -2.29. The van der Waals surface area contributed by atoms with Crippen LogP contribution in [-0.4, -0.2) is 28.0 Å². The zero-order valence-corrected chi connectivity index (χ0v) is 12.3. The van der Waals surface area contributed by atoms with Crippen molar-refractivity contribution >= 4 is 23.1 Å². The average molecular weight is 296 g/mol. The van der Waals surface area contributed by atoms with Crippen LogP contribution < -0.4 is 11.1 Å². The maximum absolute atomic E-state index is 12.2. The van der Waals surface area contributed by atoms with Crippen molar-refractivity contribution in [1.82, 2.24) is 10.3 Å². The van der Waals surface area contributed by atoms with E-state index in [9.17, 15) is 4.79 Å². The molecule has 1 aromatic heterocycles. The van der Waals surface area contributed by atoms with E-state index in [1.165, 1.54) is 17.8 Å². The average Bonchev–Trinajstić information content (AvgIpc) is 2.91. The van der Waals surface area contributed by atoms with Gasteiger partial charge in [0.2, 0.25) is 0 Å². The molecule has 6 nitrogen and oxygen atoms in total. The number of amidine groups is 1. The number of oxime groups is 1. The number of nitrogens with zero attached hydrogens (tertiary/aromatic N) is 2. The minimum absolute atomic E-state index is 0.0755. The minimum Gasteiger partial charge on any atom is -0.409 e. The number of aromatic nitrogens is 1. The summed E-state index contributed by atoms with van der Waals surface area (Å²) in [6, 6.07) is -0.407. The molecule has 110 valence electrons. The Kier molecular flexibility index (Phi) is 4.94. The molecule has 1 saturated carbocycles. The quantitative estimate of drug-likeness (QED) is 0.342. The Morgan fingerprint density at radius 2 is 2.25 bits per heavy atom. The number of carbonyl (C=O) groups excluding carboxylic acids is 1. The van der Waals surface area contributed by atoms with Crippen LogP contribution in [0.25, 0.3) is 0 Å². The first-order valence-corrected chi connectivity index (χ1v) is 7.64. The van der Waals surface area contributed by atoms with Crippen LogP contribution in [0.15, 0.2) is 11.4 Å². The largest absolute Gasteiger partial charge is 0.409 e. The molecule has 1 heterocycles. The molecule has 1 aliphatic carbocycles. The first-order chi connectivity index (χ1) is 9.61. The molecule has 0 saturated heterocycles. The Morgan fingerprint density at radius 1 is 1.55 bits per heavy atom. The summed E-state index contributed by atoms with van der Waals surface area (Å²) >= 11 is 1.34. The SMILES string of the molecule is Cc1ncc(C(=O)NC(/C(N)=N/O)C2CCCCC2)s1. The van der Waals surface area contributed by atoms with E-state index in [0.717, 1.165) is 30.7 Å². The van der Waals surface area contributed by atoms with E-state index in [1.54, 1.807) is 6.20 Å². The normalized spacial score (nSPS) is 18.8. The summed E-state index contributed by atoms with van der Waals surface area (Å²) < 4.78 is 0. The smallest absolute Gasteiger partial charge is 0.263 e. The molecule has 7 heteroatoms. The molecule has 20 heavy (non-hydrogen) atoms. The van der Waals surface area contributed by atoms with Gasteiger partial charge in [-0.3, -0.25) is 4.79 Å². The van der Waals surface area contributed by atoms with Crippen molar-refractivity contribution in [3.63, 3.8) is 0 Å². The summed E-state index contributed by atoms with van der Waals surface area (Å²) in [7, 11) is 0. The molecule has 4 N–H and O–H groups in total. The molecule has 0 aromatic carbocycles. The van der Waals surface area contributed by atoms with Gasteiger partial charge in [0.25, 0.3) is 5.91 Å². The number of hydrogen-bond donors (Lipinski definition) is 3. The maximum atomic E-state index is 12.2. The number of hydrogen-bond acceptors (Lipinski definition) is 5. The van der Waals surface area contributed by atoms with Crippen molar-refractivity contribution in [2.24, 2.45) is 16.8 Å². The molecule has 0 bridgehead atoms. The summed E-state index contributed by atoms with van der Waals surface area (Å²) in [5.41, 5.74) is 5.75. The third kappa shape index (κ3) is 3.47. The van der Waals surface area contributed by atoms with Gasteiger partial charge in [-0.1, -0.05) is 24.4 Å². The molecule has 1 atom stereocenters. The molecule has 1 aliphatic rings. The highest BCUT2D eigenvalue weighted by Crippen LogP contribution is 2.27. The maximum Gasteiger partial charge on any atom is 0.263 e. The lowest BCUT2D eigenvalue weighted by atomic mass is 9.83. The van der Waals surface area contributed by atoms with E-state index < -0.39 is 6.04 Å². The Morgan fingerprint density at radius 3 is 2.80 bits per heavy atom. The predicted octanol–water partition coefficient (Wildman–Crippen LogP) is 1.88. The van der Waals surface area contributed by atoms with Gasteiger partial charge in [0.15, 0.2) is 5.84 Å². The minimum atomic E-state index is -0.407. The number of thiazole rings is 1. The fraction of sp³-hybridized carbons (Fsp3) is 0.615. The number of carbonyl (C=O) groups is 1. The Labute approximate surface area is 122 Å². The van der Waals surface area contributed by atoms with Crippen LogP contribution in [0.1, 0.15) is 46.8 Å². The van der Waals surface area contributed by atoms with E-state index in [2.05, 4.69) is 15.5 Å². The van der Waals surface area contributed by atoms with Gasteiger partial charge in [-0.05, 0) is 25.7 Å². The van der Waals surface area contributed by atoms with Gasteiger partial charge in [0.05, 0.1) is 17.2 Å².